The normalized spacial score (nSPS) is 9.90. The predicted octanol–water partition coefficient (Wildman–Crippen LogP) is 2.04. The van der Waals surface area contributed by atoms with Gasteiger partial charge >= 0.3 is 0 Å². The molecule has 0 amide bonds. The van der Waals surface area contributed by atoms with E-state index in [4.69, 9.17) is 31.2 Å². The van der Waals surface area contributed by atoms with Gasteiger partial charge in [-0.2, -0.15) is 0 Å². The molecule has 0 aliphatic heterocycles. The molecule has 0 saturated heterocycles. The van der Waals surface area contributed by atoms with Crippen LogP contribution in [-0.4, -0.2) is 46.7 Å². The van der Waals surface area contributed by atoms with Gasteiger partial charge in [-0.15, -0.1) is 0 Å². The lowest BCUT2D eigenvalue weighted by Crippen LogP contribution is -2.29. The van der Waals surface area contributed by atoms with Crippen LogP contribution in [0.1, 0.15) is 6.42 Å². The van der Waals surface area contributed by atoms with Gasteiger partial charge in [0.15, 0.2) is 16.6 Å². The third-order valence-electron chi connectivity index (χ3n) is 2.73. The van der Waals surface area contributed by atoms with Crippen molar-refractivity contribution in [2.75, 3.05) is 46.9 Å². The molecule has 1 rings (SSSR count). The molecule has 21 heavy (non-hydrogen) atoms. The van der Waals surface area contributed by atoms with E-state index in [9.17, 15) is 0 Å². The summed E-state index contributed by atoms with van der Waals surface area (Å²) in [5.41, 5.74) is 0.758. The summed E-state index contributed by atoms with van der Waals surface area (Å²) in [4.78, 5) is 0. The molecule has 0 spiro atoms. The van der Waals surface area contributed by atoms with Crippen LogP contribution in [0.2, 0.25) is 0 Å². The number of methoxy groups -OCH3 is 4. The fourth-order valence-corrected chi connectivity index (χ4v) is 1.97. The molecule has 0 heterocycles. The minimum Gasteiger partial charge on any atom is -0.493 e. The zero-order chi connectivity index (χ0) is 15.7. The van der Waals surface area contributed by atoms with Crippen LogP contribution in [0.15, 0.2) is 12.1 Å². The van der Waals surface area contributed by atoms with Gasteiger partial charge in [0.2, 0.25) is 5.75 Å². The highest BCUT2D eigenvalue weighted by Crippen LogP contribution is 2.39. The van der Waals surface area contributed by atoms with Crippen molar-refractivity contribution in [2.45, 2.75) is 6.42 Å². The Balaban J connectivity index is 2.72. The molecule has 0 saturated carbocycles. The number of anilines is 1. The maximum absolute atomic E-state index is 5.29. The number of hydrogen-bond donors (Lipinski definition) is 2. The Bertz CT molecular complexity index is 443. The fourth-order valence-electron chi connectivity index (χ4n) is 1.75. The molecule has 1 aromatic carbocycles. The van der Waals surface area contributed by atoms with Crippen molar-refractivity contribution in [3.05, 3.63) is 12.1 Å². The van der Waals surface area contributed by atoms with Gasteiger partial charge in [-0.25, -0.2) is 0 Å². The first-order valence-corrected chi connectivity index (χ1v) is 6.90. The summed E-state index contributed by atoms with van der Waals surface area (Å²) in [5.74, 6) is 1.69. The number of nitrogens with one attached hydrogen (secondary N) is 2. The van der Waals surface area contributed by atoms with Crippen LogP contribution < -0.4 is 24.8 Å². The molecule has 0 aliphatic rings. The van der Waals surface area contributed by atoms with Crippen LogP contribution >= 0.6 is 12.2 Å². The summed E-state index contributed by atoms with van der Waals surface area (Å²) in [5, 5.41) is 6.71. The SMILES string of the molecule is COCCCNC(=S)Nc1cc(OC)c(OC)c(OC)c1. The first-order valence-electron chi connectivity index (χ1n) is 6.50. The summed E-state index contributed by atoms with van der Waals surface area (Å²) < 4.78 is 20.8. The highest BCUT2D eigenvalue weighted by Gasteiger charge is 2.13. The van der Waals surface area contributed by atoms with Crippen LogP contribution in [-0.2, 0) is 4.74 Å². The van der Waals surface area contributed by atoms with Crippen LogP contribution in [0, 0.1) is 0 Å². The summed E-state index contributed by atoms with van der Waals surface area (Å²) in [7, 11) is 6.38. The molecule has 7 heteroatoms. The Morgan fingerprint density at radius 2 is 1.67 bits per heavy atom. The second kappa shape index (κ2) is 9.25. The van der Waals surface area contributed by atoms with Crippen molar-refractivity contribution in [2.24, 2.45) is 0 Å². The topological polar surface area (TPSA) is 61.0 Å². The molecule has 6 nitrogen and oxygen atoms in total. The fraction of sp³-hybridized carbons (Fsp3) is 0.500. The van der Waals surface area contributed by atoms with Crippen molar-refractivity contribution in [1.82, 2.24) is 5.32 Å². The molecule has 0 bridgehead atoms. The quantitative estimate of drug-likeness (QED) is 0.562. The van der Waals surface area contributed by atoms with E-state index in [1.54, 1.807) is 40.6 Å². The standard InChI is InChI=1S/C14H22N2O4S/c1-17-7-5-6-15-14(21)16-10-8-11(18-2)13(20-4)12(9-10)19-3/h8-9H,5-7H2,1-4H3,(H2,15,16,21). The number of benzene rings is 1. The van der Waals surface area contributed by atoms with Crippen molar-refractivity contribution < 1.29 is 18.9 Å². The third kappa shape index (κ3) is 5.28. The van der Waals surface area contributed by atoms with E-state index in [1.165, 1.54) is 0 Å². The molecule has 2 N–H and O–H groups in total. The number of hydrogen-bond acceptors (Lipinski definition) is 5. The molecule has 0 aliphatic carbocycles. The third-order valence-corrected chi connectivity index (χ3v) is 2.98. The van der Waals surface area contributed by atoms with E-state index in [0.717, 1.165) is 18.7 Å². The van der Waals surface area contributed by atoms with Crippen LogP contribution in [0.4, 0.5) is 5.69 Å². The Hall–Kier alpha value is -1.73. The Labute approximate surface area is 130 Å². The average Bonchev–Trinajstić information content (AvgIpc) is 2.50. The van der Waals surface area contributed by atoms with E-state index in [2.05, 4.69) is 10.6 Å². The van der Waals surface area contributed by atoms with Gasteiger partial charge in [0, 0.05) is 38.1 Å². The first-order chi connectivity index (χ1) is 10.2. The van der Waals surface area contributed by atoms with E-state index in [1.807, 2.05) is 0 Å². The first kappa shape index (κ1) is 17.3. The Kier molecular flexibility index (Phi) is 7.63. The van der Waals surface area contributed by atoms with Gasteiger partial charge in [-0.1, -0.05) is 0 Å². The molecule has 0 aromatic heterocycles. The highest BCUT2D eigenvalue weighted by atomic mass is 32.1. The van der Waals surface area contributed by atoms with Gasteiger partial charge in [0.05, 0.1) is 21.3 Å². The molecule has 0 atom stereocenters. The number of ether oxygens (including phenoxy) is 4. The Morgan fingerprint density at radius 3 is 2.14 bits per heavy atom. The van der Waals surface area contributed by atoms with Crippen molar-refractivity contribution in [3.63, 3.8) is 0 Å². The second-order valence-corrected chi connectivity index (χ2v) is 4.55. The van der Waals surface area contributed by atoms with Gasteiger partial charge in [0.1, 0.15) is 0 Å². The van der Waals surface area contributed by atoms with Gasteiger partial charge in [-0.3, -0.25) is 0 Å². The molecule has 0 radical (unpaired) electrons. The summed E-state index contributed by atoms with van der Waals surface area (Å²) in [6.07, 6.45) is 0.883. The lowest BCUT2D eigenvalue weighted by molar-refractivity contribution is 0.196. The van der Waals surface area contributed by atoms with E-state index >= 15 is 0 Å². The van der Waals surface area contributed by atoms with Crippen LogP contribution in [0.25, 0.3) is 0 Å². The van der Waals surface area contributed by atoms with Gasteiger partial charge in [-0.05, 0) is 18.6 Å². The maximum atomic E-state index is 5.29. The maximum Gasteiger partial charge on any atom is 0.203 e. The van der Waals surface area contributed by atoms with Crippen molar-refractivity contribution >= 4 is 23.0 Å². The zero-order valence-corrected chi connectivity index (χ0v) is 13.6. The minimum atomic E-state index is 0.528. The second-order valence-electron chi connectivity index (χ2n) is 4.14. The summed E-state index contributed by atoms with van der Waals surface area (Å²) in [6.45, 7) is 1.43. The lowest BCUT2D eigenvalue weighted by atomic mass is 10.2. The molecule has 0 unspecified atom stereocenters. The van der Waals surface area contributed by atoms with Crippen LogP contribution in [0.3, 0.4) is 0 Å². The smallest absolute Gasteiger partial charge is 0.203 e. The number of thiocarbonyl (C=S) groups is 1. The predicted molar refractivity (Wildman–Crippen MR) is 86.8 cm³/mol. The van der Waals surface area contributed by atoms with E-state index in [-0.39, 0.29) is 0 Å². The van der Waals surface area contributed by atoms with Gasteiger partial charge in [0.25, 0.3) is 0 Å². The molecular formula is C14H22N2O4S. The summed E-state index contributed by atoms with van der Waals surface area (Å²) in [6, 6.07) is 3.59. The largest absolute Gasteiger partial charge is 0.493 e. The Morgan fingerprint density at radius 1 is 1.05 bits per heavy atom. The van der Waals surface area contributed by atoms with Crippen LogP contribution in [0.5, 0.6) is 17.2 Å². The monoisotopic (exact) mass is 314 g/mol. The lowest BCUT2D eigenvalue weighted by Gasteiger charge is -2.16. The van der Waals surface area contributed by atoms with E-state index < -0.39 is 0 Å². The molecular weight excluding hydrogens is 292 g/mol. The molecule has 0 fully saturated rings. The summed E-state index contributed by atoms with van der Waals surface area (Å²) >= 11 is 5.23. The van der Waals surface area contributed by atoms with Crippen molar-refractivity contribution in [1.29, 1.82) is 0 Å². The van der Waals surface area contributed by atoms with Gasteiger partial charge < -0.3 is 29.6 Å². The minimum absolute atomic E-state index is 0.528. The average molecular weight is 314 g/mol. The van der Waals surface area contributed by atoms with Crippen molar-refractivity contribution in [3.8, 4) is 17.2 Å². The highest BCUT2D eigenvalue weighted by molar-refractivity contribution is 7.80. The number of rotatable bonds is 8. The molecule has 1 aromatic rings. The zero-order valence-electron chi connectivity index (χ0n) is 12.8. The van der Waals surface area contributed by atoms with E-state index in [0.29, 0.717) is 29.0 Å². The molecule has 118 valence electrons.